The highest BCUT2D eigenvalue weighted by atomic mass is 16.6. The number of rotatable bonds is 5. The molecular weight excluding hydrogens is 270 g/mol. The summed E-state index contributed by atoms with van der Waals surface area (Å²) < 4.78 is 10.1. The molecule has 5 heteroatoms. The summed E-state index contributed by atoms with van der Waals surface area (Å²) in [6.45, 7) is 7.42. The molecule has 0 aromatic heterocycles. The van der Waals surface area contributed by atoms with Crippen molar-refractivity contribution in [2.45, 2.75) is 46.1 Å². The van der Waals surface area contributed by atoms with E-state index in [1.807, 2.05) is 32.9 Å². The molecule has 0 fully saturated rings. The van der Waals surface area contributed by atoms with Gasteiger partial charge in [0.2, 0.25) is 0 Å². The van der Waals surface area contributed by atoms with Crippen molar-refractivity contribution in [3.8, 4) is 5.75 Å². The number of amides is 1. The Kier molecular flexibility index (Phi) is 6.21. The van der Waals surface area contributed by atoms with Crippen LogP contribution in [0.25, 0.3) is 0 Å². The average molecular weight is 293 g/mol. The molecule has 0 unspecified atom stereocenters. The smallest absolute Gasteiger partial charge is 0.407 e. The molecule has 0 heterocycles. The summed E-state index contributed by atoms with van der Waals surface area (Å²) >= 11 is 0. The minimum atomic E-state index is -0.476. The number of carbonyl (C=O) groups excluding carboxylic acids is 2. The van der Waals surface area contributed by atoms with E-state index in [0.717, 1.165) is 18.4 Å². The Morgan fingerprint density at radius 1 is 1.14 bits per heavy atom. The van der Waals surface area contributed by atoms with Crippen LogP contribution in [0, 0.1) is 0 Å². The maximum absolute atomic E-state index is 11.4. The molecule has 0 aliphatic rings. The van der Waals surface area contributed by atoms with Crippen LogP contribution in [0.4, 0.5) is 4.79 Å². The van der Waals surface area contributed by atoms with E-state index in [0.29, 0.717) is 12.3 Å². The molecule has 0 atom stereocenters. The summed E-state index contributed by atoms with van der Waals surface area (Å²) in [7, 11) is 0. The molecular formula is C16H23NO4. The first kappa shape index (κ1) is 17.0. The molecule has 1 aromatic carbocycles. The highest BCUT2D eigenvalue weighted by molar-refractivity contribution is 5.69. The molecule has 0 saturated heterocycles. The predicted octanol–water partition coefficient (Wildman–Crippen LogP) is 3.07. The molecule has 0 spiro atoms. The normalized spacial score (nSPS) is 10.9. The number of nitrogens with one attached hydrogen (secondary N) is 1. The van der Waals surface area contributed by atoms with E-state index in [2.05, 4.69) is 5.32 Å². The second kappa shape index (κ2) is 7.67. The molecule has 0 aliphatic heterocycles. The molecule has 0 bridgehead atoms. The standard InChI is InChI=1S/C16H23NO4/c1-12(18)20-14-9-7-13(8-10-14)6-5-11-17-15(19)21-16(2,3)4/h7-10H,5-6,11H2,1-4H3,(H,17,19). The zero-order valence-corrected chi connectivity index (χ0v) is 13.1. The minimum absolute atomic E-state index is 0.329. The molecule has 1 amide bonds. The van der Waals surface area contributed by atoms with E-state index in [4.69, 9.17) is 9.47 Å². The minimum Gasteiger partial charge on any atom is -0.444 e. The van der Waals surface area contributed by atoms with Crippen molar-refractivity contribution in [1.82, 2.24) is 5.32 Å². The van der Waals surface area contributed by atoms with Gasteiger partial charge in [0.25, 0.3) is 0 Å². The van der Waals surface area contributed by atoms with Crippen molar-refractivity contribution in [3.63, 3.8) is 0 Å². The van der Waals surface area contributed by atoms with Crippen LogP contribution in [-0.2, 0) is 16.0 Å². The van der Waals surface area contributed by atoms with Gasteiger partial charge in [-0.3, -0.25) is 4.79 Å². The number of alkyl carbamates (subject to hydrolysis) is 1. The summed E-state index contributed by atoms with van der Waals surface area (Å²) in [6.07, 6.45) is 1.25. The lowest BCUT2D eigenvalue weighted by Crippen LogP contribution is -2.33. The van der Waals surface area contributed by atoms with Gasteiger partial charge in [0.15, 0.2) is 0 Å². The van der Waals surface area contributed by atoms with Crippen molar-refractivity contribution in [2.75, 3.05) is 6.54 Å². The molecule has 0 saturated carbocycles. The lowest BCUT2D eigenvalue weighted by molar-refractivity contribution is -0.131. The van der Waals surface area contributed by atoms with Gasteiger partial charge in [-0.2, -0.15) is 0 Å². The maximum Gasteiger partial charge on any atom is 0.407 e. The zero-order valence-electron chi connectivity index (χ0n) is 13.1. The Hall–Kier alpha value is -2.04. The van der Waals surface area contributed by atoms with Crippen molar-refractivity contribution >= 4 is 12.1 Å². The van der Waals surface area contributed by atoms with Crippen molar-refractivity contribution < 1.29 is 19.1 Å². The topological polar surface area (TPSA) is 64.6 Å². The number of benzene rings is 1. The number of hydrogen-bond donors (Lipinski definition) is 1. The largest absolute Gasteiger partial charge is 0.444 e. The molecule has 0 radical (unpaired) electrons. The van der Waals surface area contributed by atoms with Crippen molar-refractivity contribution in [2.24, 2.45) is 0 Å². The fourth-order valence-electron chi connectivity index (χ4n) is 1.69. The highest BCUT2D eigenvalue weighted by Crippen LogP contribution is 2.13. The quantitative estimate of drug-likeness (QED) is 0.515. The van der Waals surface area contributed by atoms with Gasteiger partial charge in [-0.25, -0.2) is 4.79 Å². The van der Waals surface area contributed by atoms with Crippen LogP contribution in [0.3, 0.4) is 0 Å². The van der Waals surface area contributed by atoms with Gasteiger partial charge >= 0.3 is 12.1 Å². The summed E-state index contributed by atoms with van der Waals surface area (Å²) in [5.41, 5.74) is 0.647. The van der Waals surface area contributed by atoms with Crippen LogP contribution in [0.15, 0.2) is 24.3 Å². The first-order chi connectivity index (χ1) is 9.76. The number of ether oxygens (including phenoxy) is 2. The van der Waals surface area contributed by atoms with E-state index in [-0.39, 0.29) is 5.97 Å². The summed E-state index contributed by atoms with van der Waals surface area (Å²) in [6, 6.07) is 7.34. The van der Waals surface area contributed by atoms with Gasteiger partial charge in [0, 0.05) is 13.5 Å². The van der Waals surface area contributed by atoms with Gasteiger partial charge in [0.05, 0.1) is 0 Å². The first-order valence-electron chi connectivity index (χ1n) is 7.00. The molecule has 1 aromatic rings. The van der Waals surface area contributed by atoms with E-state index in [1.54, 1.807) is 12.1 Å². The van der Waals surface area contributed by atoms with Crippen LogP contribution < -0.4 is 10.1 Å². The van der Waals surface area contributed by atoms with Gasteiger partial charge in [-0.1, -0.05) is 12.1 Å². The molecule has 21 heavy (non-hydrogen) atoms. The Bertz CT molecular complexity index is 474. The lowest BCUT2D eigenvalue weighted by atomic mass is 10.1. The van der Waals surface area contributed by atoms with E-state index >= 15 is 0 Å². The molecule has 116 valence electrons. The van der Waals surface area contributed by atoms with Crippen LogP contribution in [0.5, 0.6) is 5.75 Å². The summed E-state index contributed by atoms with van der Waals surface area (Å²) in [4.78, 5) is 22.2. The van der Waals surface area contributed by atoms with Gasteiger partial charge in [-0.05, 0) is 51.3 Å². The van der Waals surface area contributed by atoms with Crippen LogP contribution in [0.2, 0.25) is 0 Å². The predicted molar refractivity (Wildman–Crippen MR) is 80.3 cm³/mol. The average Bonchev–Trinajstić information content (AvgIpc) is 2.34. The zero-order chi connectivity index (χ0) is 15.9. The Balaban J connectivity index is 2.27. The molecule has 1 rings (SSSR count). The Morgan fingerprint density at radius 2 is 1.76 bits per heavy atom. The number of aryl methyl sites for hydroxylation is 1. The SMILES string of the molecule is CC(=O)Oc1ccc(CCCNC(=O)OC(C)(C)C)cc1. The van der Waals surface area contributed by atoms with Crippen LogP contribution >= 0.6 is 0 Å². The van der Waals surface area contributed by atoms with Gasteiger partial charge < -0.3 is 14.8 Å². The van der Waals surface area contributed by atoms with E-state index in [1.165, 1.54) is 6.92 Å². The fourth-order valence-corrected chi connectivity index (χ4v) is 1.69. The molecule has 1 N–H and O–H groups in total. The Labute approximate surface area is 125 Å². The second-order valence-electron chi connectivity index (χ2n) is 5.77. The van der Waals surface area contributed by atoms with Crippen LogP contribution in [-0.4, -0.2) is 24.2 Å². The maximum atomic E-state index is 11.4. The van der Waals surface area contributed by atoms with Gasteiger partial charge in [0.1, 0.15) is 11.4 Å². The third-order valence-corrected chi connectivity index (χ3v) is 2.50. The highest BCUT2D eigenvalue weighted by Gasteiger charge is 2.15. The van der Waals surface area contributed by atoms with Crippen molar-refractivity contribution in [1.29, 1.82) is 0 Å². The molecule has 5 nitrogen and oxygen atoms in total. The first-order valence-corrected chi connectivity index (χ1v) is 7.00. The third-order valence-electron chi connectivity index (χ3n) is 2.50. The summed E-state index contributed by atoms with van der Waals surface area (Å²) in [5.74, 6) is 0.211. The van der Waals surface area contributed by atoms with E-state index < -0.39 is 11.7 Å². The lowest BCUT2D eigenvalue weighted by Gasteiger charge is -2.19. The second-order valence-corrected chi connectivity index (χ2v) is 5.77. The molecule has 0 aliphatic carbocycles. The van der Waals surface area contributed by atoms with Crippen molar-refractivity contribution in [3.05, 3.63) is 29.8 Å². The number of carbonyl (C=O) groups is 2. The Morgan fingerprint density at radius 3 is 2.29 bits per heavy atom. The fraction of sp³-hybridized carbons (Fsp3) is 0.500. The monoisotopic (exact) mass is 293 g/mol. The number of esters is 1. The van der Waals surface area contributed by atoms with Gasteiger partial charge in [-0.15, -0.1) is 0 Å². The van der Waals surface area contributed by atoms with Crippen LogP contribution in [0.1, 0.15) is 39.7 Å². The number of hydrogen-bond acceptors (Lipinski definition) is 4. The third kappa shape index (κ3) is 7.97. The van der Waals surface area contributed by atoms with E-state index in [9.17, 15) is 9.59 Å². The summed E-state index contributed by atoms with van der Waals surface area (Å²) in [5, 5.41) is 2.72.